The van der Waals surface area contributed by atoms with Crippen LogP contribution < -0.4 is 5.32 Å². The molecule has 4 rings (SSSR count). The van der Waals surface area contributed by atoms with Crippen molar-refractivity contribution in [2.45, 2.75) is 20.3 Å². The highest BCUT2D eigenvalue weighted by atomic mass is 32.1. The molecule has 0 aliphatic rings. The number of thiophene rings is 1. The van der Waals surface area contributed by atoms with Gasteiger partial charge >= 0.3 is 0 Å². The lowest BCUT2D eigenvalue weighted by molar-refractivity contribution is 0.0949. The van der Waals surface area contributed by atoms with Gasteiger partial charge in [0.1, 0.15) is 0 Å². The molecule has 1 amide bonds. The molecule has 0 aliphatic heterocycles. The van der Waals surface area contributed by atoms with Gasteiger partial charge in [-0.05, 0) is 50.6 Å². The quantitative estimate of drug-likeness (QED) is 0.505. The molecule has 4 aromatic rings. The highest BCUT2D eigenvalue weighted by Gasteiger charge is 2.13. The van der Waals surface area contributed by atoms with E-state index in [-0.39, 0.29) is 5.91 Å². The molecule has 142 valence electrons. The average molecular weight is 409 g/mol. The zero-order valence-corrected chi connectivity index (χ0v) is 17.3. The van der Waals surface area contributed by atoms with E-state index in [0.29, 0.717) is 12.2 Å². The number of amides is 1. The molecule has 1 N–H and O–H groups in total. The van der Waals surface area contributed by atoms with E-state index in [1.807, 2.05) is 50.2 Å². The predicted octanol–water partition coefficient (Wildman–Crippen LogP) is 4.65. The summed E-state index contributed by atoms with van der Waals surface area (Å²) in [4.78, 5) is 19.4. The standard InChI is InChI=1S/C21H20N4OS2/c1-14-12-18(24-25(14)16-6-4-3-5-7-16)21(26)22-11-10-17-8-9-20(28-17)19-13-27-15(2)23-19/h3-9,12-13H,10-11H2,1-2H3,(H,22,26). The van der Waals surface area contributed by atoms with Crippen molar-refractivity contribution in [3.8, 4) is 16.3 Å². The van der Waals surface area contributed by atoms with E-state index >= 15 is 0 Å². The van der Waals surface area contributed by atoms with Gasteiger partial charge in [-0.15, -0.1) is 22.7 Å². The third kappa shape index (κ3) is 4.05. The van der Waals surface area contributed by atoms with Crippen molar-refractivity contribution >= 4 is 28.6 Å². The zero-order chi connectivity index (χ0) is 19.5. The first kappa shape index (κ1) is 18.6. The van der Waals surface area contributed by atoms with Gasteiger partial charge in [-0.25, -0.2) is 9.67 Å². The number of carbonyl (C=O) groups excluding carboxylic acids is 1. The maximum atomic E-state index is 12.5. The monoisotopic (exact) mass is 408 g/mol. The number of aryl methyl sites for hydroxylation is 2. The maximum absolute atomic E-state index is 12.5. The van der Waals surface area contributed by atoms with Crippen LogP contribution in [0, 0.1) is 13.8 Å². The first-order valence-electron chi connectivity index (χ1n) is 9.01. The Balaban J connectivity index is 1.36. The zero-order valence-electron chi connectivity index (χ0n) is 15.7. The van der Waals surface area contributed by atoms with Crippen molar-refractivity contribution in [3.05, 3.63) is 75.2 Å². The van der Waals surface area contributed by atoms with Gasteiger partial charge in [-0.3, -0.25) is 4.79 Å². The van der Waals surface area contributed by atoms with Crippen LogP contribution in [-0.4, -0.2) is 27.2 Å². The Hall–Kier alpha value is -2.77. The Kier molecular flexibility index (Phi) is 5.36. The topological polar surface area (TPSA) is 59.8 Å². The molecule has 0 aliphatic carbocycles. The minimum Gasteiger partial charge on any atom is -0.350 e. The van der Waals surface area contributed by atoms with Gasteiger partial charge in [0, 0.05) is 22.5 Å². The first-order chi connectivity index (χ1) is 13.6. The number of para-hydroxylation sites is 1. The van der Waals surface area contributed by atoms with Crippen LogP contribution in [-0.2, 0) is 6.42 Å². The summed E-state index contributed by atoms with van der Waals surface area (Å²) in [6, 6.07) is 15.8. The van der Waals surface area contributed by atoms with Gasteiger partial charge < -0.3 is 5.32 Å². The van der Waals surface area contributed by atoms with Gasteiger partial charge in [0.2, 0.25) is 0 Å². The largest absolute Gasteiger partial charge is 0.350 e. The summed E-state index contributed by atoms with van der Waals surface area (Å²) in [5.74, 6) is -0.148. The van der Waals surface area contributed by atoms with Crippen LogP contribution in [0.15, 0.2) is 53.9 Å². The number of hydrogen-bond donors (Lipinski definition) is 1. The fourth-order valence-electron chi connectivity index (χ4n) is 2.93. The summed E-state index contributed by atoms with van der Waals surface area (Å²) in [6.07, 6.45) is 0.790. The smallest absolute Gasteiger partial charge is 0.271 e. The number of benzene rings is 1. The van der Waals surface area contributed by atoms with Crippen LogP contribution in [0.3, 0.4) is 0 Å². The predicted molar refractivity (Wildman–Crippen MR) is 115 cm³/mol. The third-order valence-electron chi connectivity index (χ3n) is 4.31. The Morgan fingerprint density at radius 1 is 1.14 bits per heavy atom. The molecular weight excluding hydrogens is 388 g/mol. The summed E-state index contributed by atoms with van der Waals surface area (Å²) in [5.41, 5.74) is 3.34. The Bertz CT molecular complexity index is 1090. The lowest BCUT2D eigenvalue weighted by Crippen LogP contribution is -2.26. The van der Waals surface area contributed by atoms with E-state index < -0.39 is 0 Å². The molecule has 7 heteroatoms. The minimum absolute atomic E-state index is 0.148. The molecule has 3 aromatic heterocycles. The van der Waals surface area contributed by atoms with Crippen LogP contribution in [0.5, 0.6) is 0 Å². The van der Waals surface area contributed by atoms with Gasteiger partial charge in [-0.1, -0.05) is 18.2 Å². The Morgan fingerprint density at radius 2 is 1.96 bits per heavy atom. The summed E-state index contributed by atoms with van der Waals surface area (Å²) < 4.78 is 1.79. The highest BCUT2D eigenvalue weighted by Crippen LogP contribution is 2.29. The van der Waals surface area contributed by atoms with Gasteiger partial charge in [0.15, 0.2) is 5.69 Å². The number of nitrogens with one attached hydrogen (secondary N) is 1. The second-order valence-electron chi connectivity index (χ2n) is 6.44. The van der Waals surface area contributed by atoms with E-state index in [4.69, 9.17) is 0 Å². The SMILES string of the molecule is Cc1nc(-c2ccc(CCNC(=O)c3cc(C)n(-c4ccccc4)n3)s2)cs1. The highest BCUT2D eigenvalue weighted by molar-refractivity contribution is 7.16. The molecule has 5 nitrogen and oxygen atoms in total. The minimum atomic E-state index is -0.148. The third-order valence-corrected chi connectivity index (χ3v) is 6.25. The van der Waals surface area contributed by atoms with Crippen LogP contribution >= 0.6 is 22.7 Å². The van der Waals surface area contributed by atoms with Crippen LogP contribution in [0.25, 0.3) is 16.3 Å². The molecular formula is C21H20N4OS2. The van der Waals surface area contributed by atoms with Gasteiger partial charge in [-0.2, -0.15) is 5.10 Å². The summed E-state index contributed by atoms with van der Waals surface area (Å²) in [5, 5.41) is 10.6. The van der Waals surface area contributed by atoms with Crippen molar-refractivity contribution in [2.75, 3.05) is 6.54 Å². The molecule has 0 atom stereocenters. The molecule has 0 bridgehead atoms. The number of rotatable bonds is 6. The molecule has 0 fully saturated rings. The van der Waals surface area contributed by atoms with Crippen LogP contribution in [0.1, 0.15) is 26.1 Å². The number of thiazole rings is 1. The molecule has 3 heterocycles. The van der Waals surface area contributed by atoms with Crippen LogP contribution in [0.4, 0.5) is 0 Å². The fraction of sp³-hybridized carbons (Fsp3) is 0.190. The van der Waals surface area contributed by atoms with Crippen molar-refractivity contribution < 1.29 is 4.79 Å². The van der Waals surface area contributed by atoms with E-state index in [1.165, 1.54) is 9.75 Å². The second kappa shape index (κ2) is 8.08. The van der Waals surface area contributed by atoms with Gasteiger partial charge in [0.05, 0.1) is 21.3 Å². The van der Waals surface area contributed by atoms with E-state index in [0.717, 1.165) is 28.5 Å². The van der Waals surface area contributed by atoms with E-state index in [2.05, 4.69) is 32.9 Å². The lowest BCUT2D eigenvalue weighted by atomic mass is 10.3. The van der Waals surface area contributed by atoms with E-state index in [1.54, 1.807) is 27.4 Å². The van der Waals surface area contributed by atoms with Crippen molar-refractivity contribution in [3.63, 3.8) is 0 Å². The molecule has 0 saturated carbocycles. The number of hydrogen-bond acceptors (Lipinski definition) is 5. The van der Waals surface area contributed by atoms with Crippen molar-refractivity contribution in [2.24, 2.45) is 0 Å². The average Bonchev–Trinajstić information content (AvgIpc) is 3.42. The molecule has 0 spiro atoms. The number of carbonyl (C=O) groups is 1. The normalized spacial score (nSPS) is 10.9. The Labute approximate surface area is 171 Å². The maximum Gasteiger partial charge on any atom is 0.271 e. The fourth-order valence-corrected chi connectivity index (χ4v) is 4.59. The summed E-state index contributed by atoms with van der Waals surface area (Å²) in [7, 11) is 0. The molecule has 0 unspecified atom stereocenters. The molecule has 28 heavy (non-hydrogen) atoms. The van der Waals surface area contributed by atoms with E-state index in [9.17, 15) is 4.79 Å². The number of aromatic nitrogens is 3. The molecule has 0 saturated heterocycles. The second-order valence-corrected chi connectivity index (χ2v) is 8.67. The molecule has 0 radical (unpaired) electrons. The van der Waals surface area contributed by atoms with Gasteiger partial charge in [0.25, 0.3) is 5.91 Å². The lowest BCUT2D eigenvalue weighted by Gasteiger charge is -2.03. The molecule has 1 aromatic carbocycles. The Morgan fingerprint density at radius 3 is 2.71 bits per heavy atom. The van der Waals surface area contributed by atoms with Crippen LogP contribution in [0.2, 0.25) is 0 Å². The summed E-state index contributed by atoms with van der Waals surface area (Å²) >= 11 is 3.38. The number of nitrogens with zero attached hydrogens (tertiary/aromatic N) is 3. The first-order valence-corrected chi connectivity index (χ1v) is 10.7. The van der Waals surface area contributed by atoms with Crippen molar-refractivity contribution in [1.82, 2.24) is 20.1 Å². The summed E-state index contributed by atoms with van der Waals surface area (Å²) in [6.45, 7) is 4.54. The van der Waals surface area contributed by atoms with Crippen molar-refractivity contribution in [1.29, 1.82) is 0 Å².